The van der Waals surface area contributed by atoms with Gasteiger partial charge in [0.15, 0.2) is 5.78 Å². The third kappa shape index (κ3) is 3.34. The second kappa shape index (κ2) is 6.04. The lowest BCUT2D eigenvalue weighted by Gasteiger charge is -2.23. The molecule has 0 aromatic carbocycles. The topological polar surface area (TPSA) is 38.3 Å². The van der Waals surface area contributed by atoms with Crippen molar-refractivity contribution in [2.45, 2.75) is 51.0 Å². The summed E-state index contributed by atoms with van der Waals surface area (Å²) in [6.45, 7) is 1.88. The molecule has 1 fully saturated rings. The third-order valence-electron chi connectivity index (χ3n) is 3.42. The molecular weight excluding hydrogens is 202 g/mol. The van der Waals surface area contributed by atoms with Crippen LogP contribution in [0.2, 0.25) is 0 Å². The van der Waals surface area contributed by atoms with Gasteiger partial charge < -0.3 is 10.1 Å². The molecule has 0 aromatic rings. The molecule has 0 amide bonds. The molecular formula is C13H21NO2. The Morgan fingerprint density at radius 3 is 3.06 bits per heavy atom. The molecule has 1 unspecified atom stereocenters. The first-order valence-electron chi connectivity index (χ1n) is 6.43. The molecule has 0 spiro atoms. The standard InChI is InChI=1S/C13H21NO2/c15-13(11-4-3-9-16-10-11)7-6-12-5-1-2-8-14-12/h10,12,14H,1-9H2. The van der Waals surface area contributed by atoms with Crippen molar-refractivity contribution in [3.05, 3.63) is 11.8 Å². The molecule has 0 saturated carbocycles. The zero-order valence-electron chi connectivity index (χ0n) is 9.84. The highest BCUT2D eigenvalue weighted by molar-refractivity contribution is 5.95. The summed E-state index contributed by atoms with van der Waals surface area (Å²) in [5, 5.41) is 3.47. The first kappa shape index (κ1) is 11.6. The Balaban J connectivity index is 1.72. The van der Waals surface area contributed by atoms with Gasteiger partial charge in [-0.2, -0.15) is 0 Å². The van der Waals surface area contributed by atoms with E-state index >= 15 is 0 Å². The van der Waals surface area contributed by atoms with Gasteiger partial charge in [-0.25, -0.2) is 0 Å². The van der Waals surface area contributed by atoms with Crippen LogP contribution >= 0.6 is 0 Å². The number of ether oxygens (including phenoxy) is 1. The van der Waals surface area contributed by atoms with Crippen LogP contribution in [0.3, 0.4) is 0 Å². The lowest BCUT2D eigenvalue weighted by atomic mass is 9.96. The van der Waals surface area contributed by atoms with E-state index in [1.54, 1.807) is 6.26 Å². The quantitative estimate of drug-likeness (QED) is 0.793. The van der Waals surface area contributed by atoms with Gasteiger partial charge in [-0.3, -0.25) is 4.79 Å². The molecule has 2 heterocycles. The molecule has 3 nitrogen and oxygen atoms in total. The van der Waals surface area contributed by atoms with Gasteiger partial charge in [0.2, 0.25) is 0 Å². The maximum atomic E-state index is 11.9. The van der Waals surface area contributed by atoms with Crippen LogP contribution in [-0.4, -0.2) is 25.0 Å². The largest absolute Gasteiger partial charge is 0.501 e. The SMILES string of the molecule is O=C(CCC1CCCCN1)C1=COCCC1. The Hall–Kier alpha value is -0.830. The predicted octanol–water partition coefficient (Wildman–Crippen LogP) is 2.17. The molecule has 1 N–H and O–H groups in total. The molecule has 1 atom stereocenters. The lowest BCUT2D eigenvalue weighted by molar-refractivity contribution is -0.116. The minimum atomic E-state index is 0.284. The fourth-order valence-electron chi connectivity index (χ4n) is 2.41. The Labute approximate surface area is 97.2 Å². The van der Waals surface area contributed by atoms with Crippen molar-refractivity contribution < 1.29 is 9.53 Å². The number of rotatable bonds is 4. The summed E-state index contributed by atoms with van der Waals surface area (Å²) in [5.74, 6) is 0.284. The Kier molecular flexibility index (Phi) is 4.40. The van der Waals surface area contributed by atoms with Crippen molar-refractivity contribution in [3.63, 3.8) is 0 Å². The maximum absolute atomic E-state index is 11.9. The number of allylic oxidation sites excluding steroid dienone is 1. The van der Waals surface area contributed by atoms with E-state index in [-0.39, 0.29) is 5.78 Å². The summed E-state index contributed by atoms with van der Waals surface area (Å²) in [5.41, 5.74) is 0.891. The second-order valence-corrected chi connectivity index (χ2v) is 4.73. The van der Waals surface area contributed by atoms with Crippen LogP contribution in [-0.2, 0) is 9.53 Å². The smallest absolute Gasteiger partial charge is 0.161 e. The van der Waals surface area contributed by atoms with Gasteiger partial charge in [0, 0.05) is 18.0 Å². The van der Waals surface area contributed by atoms with Crippen LogP contribution in [0.25, 0.3) is 0 Å². The molecule has 0 bridgehead atoms. The van der Waals surface area contributed by atoms with E-state index < -0.39 is 0 Å². The number of nitrogens with one attached hydrogen (secondary N) is 1. The summed E-state index contributed by atoms with van der Waals surface area (Å²) in [7, 11) is 0. The van der Waals surface area contributed by atoms with Crippen molar-refractivity contribution in [2.24, 2.45) is 0 Å². The summed E-state index contributed by atoms with van der Waals surface area (Å²) in [6.07, 6.45) is 9.02. The summed E-state index contributed by atoms with van der Waals surface area (Å²) >= 11 is 0. The number of carbonyl (C=O) groups is 1. The third-order valence-corrected chi connectivity index (χ3v) is 3.42. The second-order valence-electron chi connectivity index (χ2n) is 4.73. The zero-order chi connectivity index (χ0) is 11.2. The summed E-state index contributed by atoms with van der Waals surface area (Å²) < 4.78 is 5.20. The number of hydrogen-bond donors (Lipinski definition) is 1. The molecule has 16 heavy (non-hydrogen) atoms. The monoisotopic (exact) mass is 223 g/mol. The Bertz CT molecular complexity index is 267. The van der Waals surface area contributed by atoms with E-state index in [4.69, 9.17) is 4.74 Å². The molecule has 0 radical (unpaired) electrons. The number of piperidine rings is 1. The maximum Gasteiger partial charge on any atom is 0.161 e. The van der Waals surface area contributed by atoms with E-state index in [2.05, 4.69) is 5.32 Å². The average Bonchev–Trinajstić information content (AvgIpc) is 2.38. The average molecular weight is 223 g/mol. The summed E-state index contributed by atoms with van der Waals surface area (Å²) in [4.78, 5) is 11.9. The van der Waals surface area contributed by atoms with Crippen LogP contribution < -0.4 is 5.32 Å². The fourth-order valence-corrected chi connectivity index (χ4v) is 2.41. The van der Waals surface area contributed by atoms with Gasteiger partial charge in [0.25, 0.3) is 0 Å². The lowest BCUT2D eigenvalue weighted by Crippen LogP contribution is -2.34. The zero-order valence-corrected chi connectivity index (χ0v) is 9.84. The highest BCUT2D eigenvalue weighted by Gasteiger charge is 2.17. The van der Waals surface area contributed by atoms with Gasteiger partial charge in [0.05, 0.1) is 12.9 Å². The van der Waals surface area contributed by atoms with Gasteiger partial charge in [-0.1, -0.05) is 6.42 Å². The molecule has 0 aliphatic carbocycles. The van der Waals surface area contributed by atoms with E-state index in [1.165, 1.54) is 19.3 Å². The van der Waals surface area contributed by atoms with Gasteiger partial charge in [-0.05, 0) is 38.6 Å². The van der Waals surface area contributed by atoms with Crippen LogP contribution in [0.15, 0.2) is 11.8 Å². The van der Waals surface area contributed by atoms with Crippen LogP contribution in [0.5, 0.6) is 0 Å². The molecule has 0 aromatic heterocycles. The number of Topliss-reactive ketones (excluding diaryl/α,β-unsaturated/α-hetero) is 1. The highest BCUT2D eigenvalue weighted by atomic mass is 16.5. The van der Waals surface area contributed by atoms with Gasteiger partial charge in [0.1, 0.15) is 0 Å². The summed E-state index contributed by atoms with van der Waals surface area (Å²) in [6, 6.07) is 0.558. The van der Waals surface area contributed by atoms with Gasteiger partial charge >= 0.3 is 0 Å². The van der Waals surface area contributed by atoms with Crippen molar-refractivity contribution in [1.29, 1.82) is 0 Å². The van der Waals surface area contributed by atoms with E-state index in [9.17, 15) is 4.79 Å². The first-order valence-corrected chi connectivity index (χ1v) is 6.43. The van der Waals surface area contributed by atoms with Crippen molar-refractivity contribution >= 4 is 5.78 Å². The molecule has 90 valence electrons. The van der Waals surface area contributed by atoms with E-state index in [1.807, 2.05) is 0 Å². The number of carbonyl (C=O) groups excluding carboxylic acids is 1. The van der Waals surface area contributed by atoms with E-state index in [0.29, 0.717) is 12.5 Å². The van der Waals surface area contributed by atoms with Gasteiger partial charge in [-0.15, -0.1) is 0 Å². The van der Waals surface area contributed by atoms with Crippen molar-refractivity contribution in [2.75, 3.05) is 13.2 Å². The molecule has 3 heteroatoms. The Morgan fingerprint density at radius 2 is 2.38 bits per heavy atom. The van der Waals surface area contributed by atoms with Crippen molar-refractivity contribution in [3.8, 4) is 0 Å². The molecule has 2 aliphatic heterocycles. The minimum Gasteiger partial charge on any atom is -0.501 e. The predicted molar refractivity (Wildman–Crippen MR) is 63.2 cm³/mol. The molecule has 2 aliphatic rings. The van der Waals surface area contributed by atoms with Crippen LogP contribution in [0, 0.1) is 0 Å². The Morgan fingerprint density at radius 1 is 1.44 bits per heavy atom. The van der Waals surface area contributed by atoms with Crippen LogP contribution in [0.1, 0.15) is 44.9 Å². The number of hydrogen-bond acceptors (Lipinski definition) is 3. The van der Waals surface area contributed by atoms with Crippen LogP contribution in [0.4, 0.5) is 0 Å². The first-order chi connectivity index (χ1) is 7.86. The molecule has 2 rings (SSSR count). The van der Waals surface area contributed by atoms with Crippen molar-refractivity contribution in [1.82, 2.24) is 5.32 Å². The van der Waals surface area contributed by atoms with E-state index in [0.717, 1.165) is 38.0 Å². The minimum absolute atomic E-state index is 0.284. The highest BCUT2D eigenvalue weighted by Crippen LogP contribution is 2.17. The normalized spacial score (nSPS) is 25.8. The fraction of sp³-hybridized carbons (Fsp3) is 0.769. The number of ketones is 1. The molecule has 1 saturated heterocycles.